The van der Waals surface area contributed by atoms with E-state index in [-0.39, 0.29) is 24.8 Å². The van der Waals surface area contributed by atoms with Gasteiger partial charge in [0.1, 0.15) is 11.8 Å². The van der Waals surface area contributed by atoms with Crippen molar-refractivity contribution in [3.63, 3.8) is 0 Å². The van der Waals surface area contributed by atoms with Crippen LogP contribution in [0.4, 0.5) is 5.69 Å². The van der Waals surface area contributed by atoms with Gasteiger partial charge in [0.2, 0.25) is 11.8 Å². The Kier molecular flexibility index (Phi) is 7.12. The number of carbonyl (C=O) groups is 3. The fourth-order valence-corrected chi connectivity index (χ4v) is 3.47. The summed E-state index contributed by atoms with van der Waals surface area (Å²) in [6.07, 6.45) is 0.0203. The van der Waals surface area contributed by atoms with Crippen molar-refractivity contribution in [1.29, 1.82) is 0 Å². The van der Waals surface area contributed by atoms with Gasteiger partial charge in [-0.3, -0.25) is 9.59 Å². The highest BCUT2D eigenvalue weighted by Gasteiger charge is 2.34. The zero-order chi connectivity index (χ0) is 18.2. The largest absolute Gasteiger partial charge is 0.492 e. The summed E-state index contributed by atoms with van der Waals surface area (Å²) in [5.41, 5.74) is 0.569. The van der Waals surface area contributed by atoms with Gasteiger partial charge in [-0.05, 0) is 26.0 Å². The van der Waals surface area contributed by atoms with Crippen LogP contribution in [0.3, 0.4) is 0 Å². The van der Waals surface area contributed by atoms with Gasteiger partial charge >= 0.3 is 5.97 Å². The Morgan fingerprint density at radius 1 is 1.28 bits per heavy atom. The number of esters is 1. The molecule has 0 unspecified atom stereocenters. The lowest BCUT2D eigenvalue weighted by Crippen LogP contribution is -2.51. The van der Waals surface area contributed by atoms with E-state index in [4.69, 9.17) is 9.47 Å². The number of para-hydroxylation sites is 2. The average Bonchev–Trinajstić information content (AvgIpc) is 2.59. The van der Waals surface area contributed by atoms with Crippen LogP contribution in [-0.2, 0) is 19.1 Å². The third-order valence-corrected chi connectivity index (χ3v) is 4.78. The number of hydrogen-bond donors (Lipinski definition) is 2. The molecular weight excluding hydrogens is 344 g/mol. The average molecular weight is 366 g/mol. The zero-order valence-electron chi connectivity index (χ0n) is 14.2. The topological polar surface area (TPSA) is 93.7 Å². The van der Waals surface area contributed by atoms with E-state index in [1.165, 1.54) is 11.8 Å². The number of anilines is 1. The number of nitrogens with one attached hydrogen (secondary N) is 2. The number of ether oxygens (including phenoxy) is 2. The molecule has 1 aromatic carbocycles. The van der Waals surface area contributed by atoms with Crippen LogP contribution in [0.2, 0.25) is 0 Å². The standard InChI is InChI=1S/C17H22N2O5S/c1-3-23-13-8-6-5-7-11(13)18-15(20)9-14-16(21)19-12(10-25-14)17(22)24-4-2/h5-8,12,14H,3-4,9-10H2,1-2H3,(H,18,20)(H,19,21)/t12-,14-/m0/s1. The molecule has 8 heteroatoms. The fourth-order valence-electron chi connectivity index (χ4n) is 2.34. The minimum Gasteiger partial charge on any atom is -0.492 e. The second-order valence-electron chi connectivity index (χ2n) is 5.32. The SMILES string of the molecule is CCOC(=O)[C@@H]1CS[C@@H](CC(=O)Nc2ccccc2OCC)C(=O)N1. The first-order valence-electron chi connectivity index (χ1n) is 8.15. The van der Waals surface area contributed by atoms with Gasteiger partial charge in [-0.25, -0.2) is 4.79 Å². The lowest BCUT2D eigenvalue weighted by molar-refractivity contribution is -0.146. The monoisotopic (exact) mass is 366 g/mol. The Bertz CT molecular complexity index is 637. The molecule has 1 fully saturated rings. The fraction of sp³-hybridized carbons (Fsp3) is 0.471. The molecule has 0 saturated carbocycles. The lowest BCUT2D eigenvalue weighted by Gasteiger charge is -2.27. The second-order valence-corrected chi connectivity index (χ2v) is 6.55. The molecule has 2 rings (SSSR count). The number of amides is 2. The van der Waals surface area contributed by atoms with Crippen molar-refractivity contribution in [1.82, 2.24) is 5.32 Å². The number of benzene rings is 1. The van der Waals surface area contributed by atoms with Crippen LogP contribution in [-0.4, -0.2) is 48.0 Å². The highest BCUT2D eigenvalue weighted by Crippen LogP contribution is 2.26. The molecule has 0 aliphatic carbocycles. The van der Waals surface area contributed by atoms with Crippen molar-refractivity contribution >= 4 is 35.2 Å². The summed E-state index contributed by atoms with van der Waals surface area (Å²) < 4.78 is 10.4. The van der Waals surface area contributed by atoms with Crippen molar-refractivity contribution in [3.8, 4) is 5.75 Å². The first kappa shape index (κ1) is 19.1. The molecule has 1 aliphatic heterocycles. The summed E-state index contributed by atoms with van der Waals surface area (Å²) in [4.78, 5) is 36.0. The predicted molar refractivity (Wildman–Crippen MR) is 95.7 cm³/mol. The minimum atomic E-state index is -0.657. The second kappa shape index (κ2) is 9.31. The molecule has 136 valence electrons. The Morgan fingerprint density at radius 3 is 2.72 bits per heavy atom. The molecule has 0 radical (unpaired) electrons. The van der Waals surface area contributed by atoms with Gasteiger partial charge < -0.3 is 20.1 Å². The van der Waals surface area contributed by atoms with E-state index in [0.29, 0.717) is 23.8 Å². The van der Waals surface area contributed by atoms with Gasteiger partial charge in [-0.2, -0.15) is 0 Å². The van der Waals surface area contributed by atoms with Crippen molar-refractivity contribution in [3.05, 3.63) is 24.3 Å². The molecule has 0 spiro atoms. The normalized spacial score (nSPS) is 19.7. The van der Waals surface area contributed by atoms with Crippen LogP contribution < -0.4 is 15.4 Å². The van der Waals surface area contributed by atoms with Crippen LogP contribution in [0.25, 0.3) is 0 Å². The maximum Gasteiger partial charge on any atom is 0.329 e. The summed E-state index contributed by atoms with van der Waals surface area (Å²) in [5.74, 6) is -0.0896. The highest BCUT2D eigenvalue weighted by molar-refractivity contribution is 8.00. The van der Waals surface area contributed by atoms with Gasteiger partial charge in [0.25, 0.3) is 0 Å². The van der Waals surface area contributed by atoms with Crippen LogP contribution >= 0.6 is 11.8 Å². The van der Waals surface area contributed by atoms with E-state index < -0.39 is 17.3 Å². The number of hydrogen-bond acceptors (Lipinski definition) is 6. The molecule has 1 aliphatic rings. The van der Waals surface area contributed by atoms with Crippen molar-refractivity contribution in [2.24, 2.45) is 0 Å². The van der Waals surface area contributed by atoms with E-state index in [9.17, 15) is 14.4 Å². The Morgan fingerprint density at radius 2 is 2.04 bits per heavy atom. The van der Waals surface area contributed by atoms with Crippen molar-refractivity contribution < 1.29 is 23.9 Å². The Labute approximate surface area is 150 Å². The molecule has 7 nitrogen and oxygen atoms in total. The van der Waals surface area contributed by atoms with Crippen molar-refractivity contribution in [2.75, 3.05) is 24.3 Å². The molecule has 2 N–H and O–H groups in total. The third kappa shape index (κ3) is 5.38. The maximum atomic E-state index is 12.2. The third-order valence-electron chi connectivity index (χ3n) is 3.48. The lowest BCUT2D eigenvalue weighted by atomic mass is 10.2. The van der Waals surface area contributed by atoms with Crippen LogP contribution in [0.5, 0.6) is 5.75 Å². The molecule has 2 amide bonds. The summed E-state index contributed by atoms with van der Waals surface area (Å²) in [5, 5.41) is 4.84. The van der Waals surface area contributed by atoms with Gasteiger partial charge in [0.05, 0.1) is 24.2 Å². The van der Waals surface area contributed by atoms with Gasteiger partial charge in [-0.1, -0.05) is 12.1 Å². The summed E-state index contributed by atoms with van der Waals surface area (Å²) in [6, 6.07) is 6.47. The Hall–Kier alpha value is -2.22. The van der Waals surface area contributed by atoms with E-state index in [1.54, 1.807) is 25.1 Å². The van der Waals surface area contributed by atoms with Crippen LogP contribution in [0.15, 0.2) is 24.3 Å². The van der Waals surface area contributed by atoms with Crippen LogP contribution in [0.1, 0.15) is 20.3 Å². The Balaban J connectivity index is 1.89. The van der Waals surface area contributed by atoms with Gasteiger partial charge in [0, 0.05) is 12.2 Å². The first-order valence-corrected chi connectivity index (χ1v) is 9.20. The van der Waals surface area contributed by atoms with E-state index >= 15 is 0 Å². The molecule has 25 heavy (non-hydrogen) atoms. The minimum absolute atomic E-state index is 0.0203. The number of rotatable bonds is 7. The van der Waals surface area contributed by atoms with E-state index in [2.05, 4.69) is 10.6 Å². The first-order chi connectivity index (χ1) is 12.0. The number of carbonyl (C=O) groups excluding carboxylic acids is 3. The van der Waals surface area contributed by atoms with Crippen molar-refractivity contribution in [2.45, 2.75) is 31.6 Å². The zero-order valence-corrected chi connectivity index (χ0v) is 15.1. The molecular formula is C17H22N2O5S. The molecule has 0 aromatic heterocycles. The van der Waals surface area contributed by atoms with Gasteiger partial charge in [0.15, 0.2) is 0 Å². The van der Waals surface area contributed by atoms with E-state index in [1.807, 2.05) is 13.0 Å². The molecule has 0 bridgehead atoms. The summed E-state index contributed by atoms with van der Waals surface area (Å²) in [6.45, 7) is 4.33. The molecule has 1 heterocycles. The molecule has 2 atom stereocenters. The summed E-state index contributed by atoms with van der Waals surface area (Å²) in [7, 11) is 0. The highest BCUT2D eigenvalue weighted by atomic mass is 32.2. The van der Waals surface area contributed by atoms with Gasteiger partial charge in [-0.15, -0.1) is 11.8 Å². The van der Waals surface area contributed by atoms with E-state index in [0.717, 1.165) is 0 Å². The quantitative estimate of drug-likeness (QED) is 0.712. The number of thioether (sulfide) groups is 1. The van der Waals surface area contributed by atoms with Crippen LogP contribution in [0, 0.1) is 0 Å². The maximum absolute atomic E-state index is 12.2. The summed E-state index contributed by atoms with van der Waals surface area (Å²) >= 11 is 1.28. The predicted octanol–water partition coefficient (Wildman–Crippen LogP) is 1.58. The molecule has 1 saturated heterocycles. The molecule has 1 aromatic rings. The smallest absolute Gasteiger partial charge is 0.329 e.